The number of hydrogen-bond acceptors (Lipinski definition) is 4. The quantitative estimate of drug-likeness (QED) is 0.571. The molecular formula is C20H20ClN5O2. The molecule has 0 unspecified atom stereocenters. The highest BCUT2D eigenvalue weighted by atomic mass is 35.5. The largest absolute Gasteiger partial charge is 0.352 e. The van der Waals surface area contributed by atoms with E-state index in [1.807, 2.05) is 24.3 Å². The smallest absolute Gasteiger partial charge is 0.251 e. The standard InChI is InChI=1S/C20H20ClN5O2/c21-17-9-7-15(8-10-17)20(28)23-11-3-6-19(27)25-18-5-2-1-4-16(18)12-26-14-22-13-24-26/h1-2,4-5,7-10,13-14H,3,6,11-12H2,(H,23,28)(H,25,27). The highest BCUT2D eigenvalue weighted by molar-refractivity contribution is 6.30. The molecule has 0 atom stereocenters. The molecule has 0 fully saturated rings. The molecule has 0 aliphatic rings. The summed E-state index contributed by atoms with van der Waals surface area (Å²) in [6.45, 7) is 0.934. The second kappa shape index (κ2) is 9.66. The van der Waals surface area contributed by atoms with Gasteiger partial charge in [0.25, 0.3) is 5.91 Å². The van der Waals surface area contributed by atoms with Gasteiger partial charge in [0.1, 0.15) is 12.7 Å². The predicted molar refractivity (Wildman–Crippen MR) is 107 cm³/mol. The zero-order valence-electron chi connectivity index (χ0n) is 15.1. The summed E-state index contributed by atoms with van der Waals surface area (Å²) in [5, 5.41) is 10.4. The van der Waals surface area contributed by atoms with Crippen LogP contribution in [0.15, 0.2) is 61.2 Å². The predicted octanol–water partition coefficient (Wildman–Crippen LogP) is 3.13. The van der Waals surface area contributed by atoms with Gasteiger partial charge in [0.2, 0.25) is 5.91 Å². The number of amides is 2. The first kappa shape index (κ1) is 19.6. The van der Waals surface area contributed by atoms with Crippen LogP contribution in [-0.4, -0.2) is 33.1 Å². The fourth-order valence-electron chi connectivity index (χ4n) is 2.64. The number of benzene rings is 2. The minimum Gasteiger partial charge on any atom is -0.352 e. The summed E-state index contributed by atoms with van der Waals surface area (Å²) in [6.07, 6.45) is 3.94. The fraction of sp³-hybridized carbons (Fsp3) is 0.200. The number of aromatic nitrogens is 3. The molecule has 3 aromatic rings. The van der Waals surface area contributed by atoms with Crippen molar-refractivity contribution in [2.75, 3.05) is 11.9 Å². The number of carbonyl (C=O) groups is 2. The summed E-state index contributed by atoms with van der Waals surface area (Å²) in [5.74, 6) is -0.290. The first-order chi connectivity index (χ1) is 13.6. The number of nitrogens with zero attached hydrogens (tertiary/aromatic N) is 3. The van der Waals surface area contributed by atoms with Crippen LogP contribution < -0.4 is 10.6 Å². The second-order valence-electron chi connectivity index (χ2n) is 6.16. The van der Waals surface area contributed by atoms with E-state index in [2.05, 4.69) is 20.7 Å². The van der Waals surface area contributed by atoms with Crippen molar-refractivity contribution in [3.63, 3.8) is 0 Å². The van der Waals surface area contributed by atoms with Gasteiger partial charge >= 0.3 is 0 Å². The van der Waals surface area contributed by atoms with Gasteiger partial charge in [-0.3, -0.25) is 9.59 Å². The molecule has 0 bridgehead atoms. The number of carbonyl (C=O) groups excluding carboxylic acids is 2. The molecule has 2 aromatic carbocycles. The molecule has 2 N–H and O–H groups in total. The normalized spacial score (nSPS) is 10.5. The van der Waals surface area contributed by atoms with Crippen molar-refractivity contribution < 1.29 is 9.59 Å². The minimum absolute atomic E-state index is 0.105. The van der Waals surface area contributed by atoms with Crippen LogP contribution in [0.3, 0.4) is 0 Å². The van der Waals surface area contributed by atoms with Crippen molar-refractivity contribution in [2.45, 2.75) is 19.4 Å². The van der Waals surface area contributed by atoms with Gasteiger partial charge in [-0.25, -0.2) is 9.67 Å². The van der Waals surface area contributed by atoms with Crippen LogP contribution in [0.1, 0.15) is 28.8 Å². The van der Waals surface area contributed by atoms with Crippen LogP contribution >= 0.6 is 11.6 Å². The molecule has 0 radical (unpaired) electrons. The summed E-state index contributed by atoms with van der Waals surface area (Å²) >= 11 is 5.81. The van der Waals surface area contributed by atoms with Crippen LogP contribution in [-0.2, 0) is 11.3 Å². The Morgan fingerprint density at radius 1 is 1.07 bits per heavy atom. The van der Waals surface area contributed by atoms with Gasteiger partial charge in [0.15, 0.2) is 0 Å². The Labute approximate surface area is 167 Å². The Morgan fingerprint density at radius 2 is 1.86 bits per heavy atom. The van der Waals surface area contributed by atoms with E-state index in [1.165, 1.54) is 6.33 Å². The molecule has 0 saturated carbocycles. The summed E-state index contributed by atoms with van der Waals surface area (Å²) < 4.78 is 1.69. The van der Waals surface area contributed by atoms with Crippen molar-refractivity contribution in [3.8, 4) is 0 Å². The van der Waals surface area contributed by atoms with Crippen LogP contribution in [0.25, 0.3) is 0 Å². The Bertz CT molecular complexity index is 926. The molecule has 0 spiro atoms. The average molecular weight is 398 g/mol. The van der Waals surface area contributed by atoms with Crippen LogP contribution in [0, 0.1) is 0 Å². The molecule has 3 rings (SSSR count). The fourth-order valence-corrected chi connectivity index (χ4v) is 2.76. The van der Waals surface area contributed by atoms with E-state index in [-0.39, 0.29) is 11.8 Å². The molecule has 0 aliphatic carbocycles. The second-order valence-corrected chi connectivity index (χ2v) is 6.60. The Hall–Kier alpha value is -3.19. The Morgan fingerprint density at radius 3 is 2.61 bits per heavy atom. The van der Waals surface area contributed by atoms with Crippen molar-refractivity contribution in [3.05, 3.63) is 77.3 Å². The third-order valence-corrected chi connectivity index (χ3v) is 4.31. The number of hydrogen-bond donors (Lipinski definition) is 2. The van der Waals surface area contributed by atoms with Crippen LogP contribution in [0.4, 0.5) is 5.69 Å². The summed E-state index contributed by atoms with van der Waals surface area (Å²) in [4.78, 5) is 28.2. The van der Waals surface area contributed by atoms with E-state index in [0.717, 1.165) is 11.3 Å². The molecule has 0 aliphatic heterocycles. The van der Waals surface area contributed by atoms with Crippen LogP contribution in [0.5, 0.6) is 0 Å². The molecule has 1 heterocycles. The highest BCUT2D eigenvalue weighted by Crippen LogP contribution is 2.16. The Balaban J connectivity index is 1.44. The molecule has 28 heavy (non-hydrogen) atoms. The number of nitrogens with one attached hydrogen (secondary N) is 2. The van der Waals surface area contributed by atoms with Gasteiger partial charge in [-0.1, -0.05) is 29.8 Å². The monoisotopic (exact) mass is 397 g/mol. The lowest BCUT2D eigenvalue weighted by Gasteiger charge is -2.11. The molecular weight excluding hydrogens is 378 g/mol. The molecule has 2 amide bonds. The topological polar surface area (TPSA) is 88.9 Å². The van der Waals surface area contributed by atoms with E-state index in [9.17, 15) is 9.59 Å². The van der Waals surface area contributed by atoms with E-state index in [1.54, 1.807) is 35.3 Å². The zero-order chi connectivity index (χ0) is 19.8. The van der Waals surface area contributed by atoms with Crippen molar-refractivity contribution in [1.29, 1.82) is 0 Å². The Kier molecular flexibility index (Phi) is 6.75. The van der Waals surface area contributed by atoms with Gasteiger partial charge < -0.3 is 10.6 Å². The van der Waals surface area contributed by atoms with Crippen LogP contribution in [0.2, 0.25) is 5.02 Å². The number of halogens is 1. The molecule has 8 heteroatoms. The molecule has 7 nitrogen and oxygen atoms in total. The first-order valence-corrected chi connectivity index (χ1v) is 9.23. The van der Waals surface area contributed by atoms with E-state index in [0.29, 0.717) is 36.5 Å². The van der Waals surface area contributed by atoms with E-state index >= 15 is 0 Å². The summed E-state index contributed by atoms with van der Waals surface area (Å²) in [5.41, 5.74) is 2.22. The van der Waals surface area contributed by atoms with Gasteiger partial charge in [0, 0.05) is 29.2 Å². The third-order valence-electron chi connectivity index (χ3n) is 4.06. The lowest BCUT2D eigenvalue weighted by molar-refractivity contribution is -0.116. The lowest BCUT2D eigenvalue weighted by atomic mass is 10.1. The zero-order valence-corrected chi connectivity index (χ0v) is 15.9. The van der Waals surface area contributed by atoms with Gasteiger partial charge in [-0.05, 0) is 42.3 Å². The maximum atomic E-state index is 12.2. The molecule has 1 aromatic heterocycles. The summed E-state index contributed by atoms with van der Waals surface area (Å²) in [6, 6.07) is 14.2. The minimum atomic E-state index is -0.185. The summed E-state index contributed by atoms with van der Waals surface area (Å²) in [7, 11) is 0. The van der Waals surface area contributed by atoms with Crippen molar-refractivity contribution >= 4 is 29.1 Å². The third kappa shape index (κ3) is 5.65. The average Bonchev–Trinajstić information content (AvgIpc) is 3.20. The highest BCUT2D eigenvalue weighted by Gasteiger charge is 2.09. The number of rotatable bonds is 8. The number of anilines is 1. The SMILES string of the molecule is O=C(CCCNC(=O)c1ccc(Cl)cc1)Nc1ccccc1Cn1cncn1. The first-order valence-electron chi connectivity index (χ1n) is 8.86. The van der Waals surface area contributed by atoms with Crippen molar-refractivity contribution in [2.24, 2.45) is 0 Å². The number of para-hydroxylation sites is 1. The molecule has 144 valence electrons. The van der Waals surface area contributed by atoms with Gasteiger partial charge in [0.05, 0.1) is 6.54 Å². The lowest BCUT2D eigenvalue weighted by Crippen LogP contribution is -2.25. The maximum absolute atomic E-state index is 12.2. The van der Waals surface area contributed by atoms with E-state index in [4.69, 9.17) is 11.6 Å². The van der Waals surface area contributed by atoms with E-state index < -0.39 is 0 Å². The molecule has 0 saturated heterocycles. The van der Waals surface area contributed by atoms with Gasteiger partial charge in [-0.15, -0.1) is 0 Å². The maximum Gasteiger partial charge on any atom is 0.251 e. The van der Waals surface area contributed by atoms with Crippen molar-refractivity contribution in [1.82, 2.24) is 20.1 Å². The van der Waals surface area contributed by atoms with Gasteiger partial charge in [-0.2, -0.15) is 5.10 Å².